The van der Waals surface area contributed by atoms with E-state index in [0.717, 1.165) is 29.2 Å². The molecule has 1 rings (SSSR count). The number of ether oxygens (including phenoxy) is 1. The zero-order chi connectivity index (χ0) is 15.0. The molecule has 0 saturated heterocycles. The van der Waals surface area contributed by atoms with Gasteiger partial charge in [0.15, 0.2) is 0 Å². The lowest BCUT2D eigenvalue weighted by atomic mass is 9.97. The average Bonchev–Trinajstić information content (AvgIpc) is 2.43. The summed E-state index contributed by atoms with van der Waals surface area (Å²) in [5.41, 5.74) is -0.435. The Morgan fingerprint density at radius 3 is 2.70 bits per heavy atom. The van der Waals surface area contributed by atoms with Gasteiger partial charge < -0.3 is 4.74 Å². The highest BCUT2D eigenvalue weighted by molar-refractivity contribution is 7.99. The largest absolute Gasteiger partial charge is 0.496 e. The maximum absolute atomic E-state index is 9.29. The molecule has 4 heteroatoms. The molecule has 0 aliphatic rings. The van der Waals surface area contributed by atoms with Crippen LogP contribution in [-0.4, -0.2) is 24.4 Å². The first-order valence-electron chi connectivity index (χ1n) is 6.95. The van der Waals surface area contributed by atoms with Crippen LogP contribution in [0.1, 0.15) is 33.6 Å². The highest BCUT2D eigenvalue weighted by Gasteiger charge is 2.23. The lowest BCUT2D eigenvalue weighted by Crippen LogP contribution is -2.44. The number of benzene rings is 1. The molecule has 0 aliphatic carbocycles. The Balaban J connectivity index is 2.43. The van der Waals surface area contributed by atoms with Gasteiger partial charge in [0.05, 0.1) is 13.2 Å². The molecule has 0 aromatic heterocycles. The molecule has 0 radical (unpaired) electrons. The van der Waals surface area contributed by atoms with E-state index in [1.54, 1.807) is 18.9 Å². The predicted molar refractivity (Wildman–Crippen MR) is 85.2 cm³/mol. The summed E-state index contributed by atoms with van der Waals surface area (Å²) in [6.45, 7) is 6.11. The van der Waals surface area contributed by atoms with Crippen molar-refractivity contribution < 1.29 is 4.74 Å². The van der Waals surface area contributed by atoms with Gasteiger partial charge in [-0.05, 0) is 51.5 Å². The van der Waals surface area contributed by atoms with E-state index < -0.39 is 5.54 Å². The van der Waals surface area contributed by atoms with Crippen molar-refractivity contribution in [2.75, 3.05) is 12.9 Å². The van der Waals surface area contributed by atoms with E-state index in [0.29, 0.717) is 6.04 Å². The molecule has 110 valence electrons. The van der Waals surface area contributed by atoms with Gasteiger partial charge in [0.2, 0.25) is 0 Å². The van der Waals surface area contributed by atoms with Crippen molar-refractivity contribution in [3.63, 3.8) is 0 Å². The van der Waals surface area contributed by atoms with E-state index in [4.69, 9.17) is 4.74 Å². The summed E-state index contributed by atoms with van der Waals surface area (Å²) >= 11 is 1.78. The third kappa shape index (κ3) is 5.44. The lowest BCUT2D eigenvalue weighted by Gasteiger charge is -2.25. The van der Waals surface area contributed by atoms with Crippen molar-refractivity contribution in [2.24, 2.45) is 0 Å². The predicted octanol–water partition coefficient (Wildman–Crippen LogP) is 3.85. The maximum Gasteiger partial charge on any atom is 0.132 e. The molecule has 1 unspecified atom stereocenters. The molecule has 0 aliphatic heterocycles. The second kappa shape index (κ2) is 8.18. The second-order valence-electron chi connectivity index (χ2n) is 5.35. The van der Waals surface area contributed by atoms with Gasteiger partial charge in [-0.1, -0.05) is 12.1 Å². The first-order chi connectivity index (χ1) is 9.50. The Morgan fingerprint density at radius 2 is 2.10 bits per heavy atom. The summed E-state index contributed by atoms with van der Waals surface area (Å²) in [4.78, 5) is 1.16. The normalized spacial score (nSPS) is 13.8. The molecule has 1 aromatic rings. The Morgan fingerprint density at radius 1 is 1.40 bits per heavy atom. The molecule has 0 amide bonds. The van der Waals surface area contributed by atoms with Gasteiger partial charge in [0, 0.05) is 10.9 Å². The van der Waals surface area contributed by atoms with Crippen molar-refractivity contribution in [1.82, 2.24) is 5.32 Å². The summed E-state index contributed by atoms with van der Waals surface area (Å²) in [5, 5.41) is 12.6. The number of para-hydroxylation sites is 1. The quantitative estimate of drug-likeness (QED) is 0.584. The van der Waals surface area contributed by atoms with Gasteiger partial charge in [-0.2, -0.15) is 5.26 Å². The molecule has 20 heavy (non-hydrogen) atoms. The van der Waals surface area contributed by atoms with Crippen molar-refractivity contribution >= 4 is 11.8 Å². The van der Waals surface area contributed by atoms with Gasteiger partial charge >= 0.3 is 0 Å². The number of hydrogen-bond donors (Lipinski definition) is 1. The number of hydrogen-bond acceptors (Lipinski definition) is 4. The highest BCUT2D eigenvalue weighted by Crippen LogP contribution is 2.29. The highest BCUT2D eigenvalue weighted by atomic mass is 32.2. The lowest BCUT2D eigenvalue weighted by molar-refractivity contribution is 0.380. The molecule has 0 spiro atoms. The summed E-state index contributed by atoms with van der Waals surface area (Å²) in [6.07, 6.45) is 1.84. The minimum Gasteiger partial charge on any atom is -0.496 e. The molecule has 0 fully saturated rings. The Hall–Kier alpha value is -1.18. The Labute approximate surface area is 126 Å². The SMILES string of the molecule is COc1ccccc1SCCCC(C)(C#N)NC(C)C. The molecule has 0 saturated carbocycles. The van der Waals surface area contributed by atoms with Crippen LogP contribution in [0.25, 0.3) is 0 Å². The van der Waals surface area contributed by atoms with E-state index >= 15 is 0 Å². The Kier molecular flexibility index (Phi) is 6.90. The van der Waals surface area contributed by atoms with E-state index in [1.165, 1.54) is 0 Å². The third-order valence-corrected chi connectivity index (χ3v) is 4.14. The van der Waals surface area contributed by atoms with Gasteiger partial charge in [-0.3, -0.25) is 5.32 Å². The van der Waals surface area contributed by atoms with Gasteiger partial charge in [-0.15, -0.1) is 11.8 Å². The van der Waals surface area contributed by atoms with E-state index in [1.807, 2.05) is 25.1 Å². The van der Waals surface area contributed by atoms with Crippen LogP contribution >= 0.6 is 11.8 Å². The number of methoxy groups -OCH3 is 1. The monoisotopic (exact) mass is 292 g/mol. The molecule has 1 N–H and O–H groups in total. The fraction of sp³-hybridized carbons (Fsp3) is 0.562. The third-order valence-electron chi connectivity index (χ3n) is 3.00. The van der Waals surface area contributed by atoms with Crippen molar-refractivity contribution in [2.45, 2.75) is 50.1 Å². The zero-order valence-electron chi connectivity index (χ0n) is 12.8. The topological polar surface area (TPSA) is 45.0 Å². The van der Waals surface area contributed by atoms with Crippen molar-refractivity contribution in [3.8, 4) is 11.8 Å². The summed E-state index contributed by atoms with van der Waals surface area (Å²) in [7, 11) is 1.69. The fourth-order valence-electron chi connectivity index (χ4n) is 2.14. The molecule has 1 atom stereocenters. The minimum atomic E-state index is -0.435. The van der Waals surface area contributed by atoms with Gasteiger partial charge in [-0.25, -0.2) is 0 Å². The first-order valence-corrected chi connectivity index (χ1v) is 7.94. The number of nitriles is 1. The van der Waals surface area contributed by atoms with Crippen LogP contribution in [0.15, 0.2) is 29.2 Å². The van der Waals surface area contributed by atoms with Gasteiger partial charge in [0.1, 0.15) is 11.3 Å². The summed E-state index contributed by atoms with van der Waals surface area (Å²) in [6, 6.07) is 10.7. The molecule has 0 bridgehead atoms. The second-order valence-corrected chi connectivity index (χ2v) is 6.48. The zero-order valence-corrected chi connectivity index (χ0v) is 13.6. The molecular weight excluding hydrogens is 268 g/mol. The number of nitrogens with zero attached hydrogens (tertiary/aromatic N) is 1. The van der Waals surface area contributed by atoms with Crippen LogP contribution in [0.5, 0.6) is 5.75 Å². The summed E-state index contributed by atoms with van der Waals surface area (Å²) in [5.74, 6) is 1.90. The van der Waals surface area contributed by atoms with Crippen molar-refractivity contribution in [1.29, 1.82) is 5.26 Å². The minimum absolute atomic E-state index is 0.321. The number of nitrogens with one attached hydrogen (secondary N) is 1. The number of rotatable bonds is 8. The fourth-order valence-corrected chi connectivity index (χ4v) is 3.12. The van der Waals surface area contributed by atoms with Crippen LogP contribution in [0.2, 0.25) is 0 Å². The Bertz CT molecular complexity index is 456. The van der Waals surface area contributed by atoms with Crippen LogP contribution in [0.3, 0.4) is 0 Å². The van der Waals surface area contributed by atoms with Crippen LogP contribution < -0.4 is 10.1 Å². The van der Waals surface area contributed by atoms with Gasteiger partial charge in [0.25, 0.3) is 0 Å². The van der Waals surface area contributed by atoms with E-state index in [2.05, 4.69) is 31.3 Å². The average molecular weight is 292 g/mol. The maximum atomic E-state index is 9.29. The van der Waals surface area contributed by atoms with E-state index in [-0.39, 0.29) is 0 Å². The molecular formula is C16H24N2OS. The molecule has 3 nitrogen and oxygen atoms in total. The first kappa shape index (κ1) is 16.9. The van der Waals surface area contributed by atoms with Crippen LogP contribution in [0.4, 0.5) is 0 Å². The van der Waals surface area contributed by atoms with Crippen LogP contribution in [-0.2, 0) is 0 Å². The van der Waals surface area contributed by atoms with E-state index in [9.17, 15) is 5.26 Å². The van der Waals surface area contributed by atoms with Crippen LogP contribution in [0, 0.1) is 11.3 Å². The standard InChI is InChI=1S/C16H24N2OS/c1-13(2)18-16(3,12-17)10-7-11-20-15-9-6-5-8-14(15)19-4/h5-6,8-9,13,18H,7,10-11H2,1-4H3. The summed E-state index contributed by atoms with van der Waals surface area (Å²) < 4.78 is 5.33. The smallest absolute Gasteiger partial charge is 0.132 e. The molecule has 0 heterocycles. The van der Waals surface area contributed by atoms with Crippen molar-refractivity contribution in [3.05, 3.63) is 24.3 Å². The molecule has 1 aromatic carbocycles. The number of thioether (sulfide) groups is 1.